The van der Waals surface area contributed by atoms with Gasteiger partial charge in [-0.1, -0.05) is 12.1 Å². The van der Waals surface area contributed by atoms with Crippen LogP contribution in [0.4, 0.5) is 8.78 Å². The summed E-state index contributed by atoms with van der Waals surface area (Å²) in [6, 6.07) is 10.7. The van der Waals surface area contributed by atoms with Crippen molar-refractivity contribution < 1.29 is 23.8 Å². The Balaban J connectivity index is 1.78. The number of benzene rings is 2. The molecule has 2 aliphatic rings. The van der Waals surface area contributed by atoms with Crippen molar-refractivity contribution in [3.8, 4) is 5.69 Å². The van der Waals surface area contributed by atoms with E-state index >= 15 is 0 Å². The first kappa shape index (κ1) is 27.6. The third-order valence-corrected chi connectivity index (χ3v) is 7.47. The first-order valence-corrected chi connectivity index (χ1v) is 13.1. The largest absolute Gasteiger partial charge is 0.395 e. The SMILES string of the molecule is Cc1ccc(C(=O)NC2CCC2)cc1C1=c2ccc(=O)n(-c3c(F)cccc3F)c2=NC(NC(CO)CO)N1C. The summed E-state index contributed by atoms with van der Waals surface area (Å²) in [5.74, 6) is -2.08. The van der Waals surface area contributed by atoms with Crippen molar-refractivity contribution in [2.45, 2.75) is 44.6 Å². The zero-order chi connectivity index (χ0) is 28.6. The molecule has 1 aromatic heterocycles. The molecule has 3 aromatic rings. The second-order valence-electron chi connectivity index (χ2n) is 10.1. The van der Waals surface area contributed by atoms with Crippen LogP contribution in [0.25, 0.3) is 11.4 Å². The Morgan fingerprint density at radius 3 is 2.42 bits per heavy atom. The fourth-order valence-corrected chi connectivity index (χ4v) is 4.97. The van der Waals surface area contributed by atoms with E-state index in [0.717, 1.165) is 41.5 Å². The number of pyridine rings is 1. The molecule has 1 amide bonds. The number of fused-ring (bicyclic) bond motifs is 1. The molecule has 1 fully saturated rings. The predicted octanol–water partition coefficient (Wildman–Crippen LogP) is 0.654. The van der Waals surface area contributed by atoms with E-state index in [-0.39, 0.29) is 17.4 Å². The smallest absolute Gasteiger partial charge is 0.256 e. The van der Waals surface area contributed by atoms with Gasteiger partial charge in [0.15, 0.2) is 6.29 Å². The first-order chi connectivity index (χ1) is 19.2. The van der Waals surface area contributed by atoms with Gasteiger partial charge in [0.2, 0.25) is 0 Å². The molecular weight excluding hydrogens is 520 g/mol. The van der Waals surface area contributed by atoms with Gasteiger partial charge in [-0.3, -0.25) is 19.5 Å². The number of para-hydroxylation sites is 1. The van der Waals surface area contributed by atoms with Gasteiger partial charge in [-0.25, -0.2) is 13.8 Å². The van der Waals surface area contributed by atoms with E-state index in [1.165, 1.54) is 18.2 Å². The number of aryl methyl sites for hydroxylation is 1. The summed E-state index contributed by atoms with van der Waals surface area (Å²) >= 11 is 0. The lowest BCUT2D eigenvalue weighted by molar-refractivity contribution is 0.0917. The minimum atomic E-state index is -0.943. The van der Waals surface area contributed by atoms with Crippen molar-refractivity contribution in [2.75, 3.05) is 20.3 Å². The highest BCUT2D eigenvalue weighted by atomic mass is 19.1. The van der Waals surface area contributed by atoms with E-state index < -0.39 is 48.4 Å². The number of hydrogen-bond acceptors (Lipinski definition) is 7. The second kappa shape index (κ2) is 11.3. The van der Waals surface area contributed by atoms with Gasteiger partial charge >= 0.3 is 0 Å². The van der Waals surface area contributed by atoms with E-state index in [1.807, 2.05) is 13.0 Å². The highest BCUT2D eigenvalue weighted by Crippen LogP contribution is 2.25. The fourth-order valence-electron chi connectivity index (χ4n) is 4.97. The van der Waals surface area contributed by atoms with Crippen LogP contribution in [-0.4, -0.2) is 64.2 Å². The first-order valence-electron chi connectivity index (χ1n) is 13.1. The molecule has 0 bridgehead atoms. The summed E-state index contributed by atoms with van der Waals surface area (Å²) in [6.45, 7) is 1.06. The molecule has 1 aliphatic heterocycles. The summed E-state index contributed by atoms with van der Waals surface area (Å²) in [5.41, 5.74) is 1.17. The molecule has 11 heteroatoms. The number of halogens is 2. The van der Waals surface area contributed by atoms with Gasteiger partial charge < -0.3 is 20.4 Å². The van der Waals surface area contributed by atoms with E-state index in [9.17, 15) is 28.6 Å². The number of carbonyl (C=O) groups excluding carboxylic acids is 1. The van der Waals surface area contributed by atoms with Crippen LogP contribution in [-0.2, 0) is 0 Å². The van der Waals surface area contributed by atoms with Crippen molar-refractivity contribution in [3.05, 3.63) is 97.9 Å². The molecule has 40 heavy (non-hydrogen) atoms. The number of aromatic nitrogens is 1. The van der Waals surface area contributed by atoms with Gasteiger partial charge in [0.1, 0.15) is 22.8 Å². The number of nitrogens with zero attached hydrogens (tertiary/aromatic N) is 3. The second-order valence-corrected chi connectivity index (χ2v) is 10.1. The van der Waals surface area contributed by atoms with Gasteiger partial charge in [-0.15, -0.1) is 0 Å². The number of rotatable bonds is 8. The molecule has 2 aromatic carbocycles. The average molecular weight is 552 g/mol. The normalized spacial score (nSPS) is 16.9. The number of carbonyl (C=O) groups is 1. The standard InChI is InChI=1S/C29H31F2N5O4/c1-16-9-10-17(28(40)32-18-5-3-6-18)13-21(16)25-20-11-12-24(39)36(26-22(30)7-4-8-23(26)31)27(20)34-29(35(25)2)33-19(14-37)15-38/h4,7-13,18-19,29,33,37-38H,3,5-6,14-15H2,1-2H3,(H,32,40). The Hall–Kier alpha value is -3.93. The molecule has 2 heterocycles. The van der Waals surface area contributed by atoms with Crippen LogP contribution in [0.1, 0.15) is 40.7 Å². The van der Waals surface area contributed by atoms with Crippen molar-refractivity contribution in [3.63, 3.8) is 0 Å². The van der Waals surface area contributed by atoms with Crippen LogP contribution in [0.15, 0.2) is 58.3 Å². The van der Waals surface area contributed by atoms with Gasteiger partial charge in [0.25, 0.3) is 11.5 Å². The Morgan fingerprint density at radius 1 is 1.10 bits per heavy atom. The lowest BCUT2D eigenvalue weighted by atomic mass is 9.92. The van der Waals surface area contributed by atoms with Crippen molar-refractivity contribution in [1.82, 2.24) is 20.1 Å². The van der Waals surface area contributed by atoms with Crippen LogP contribution in [0.3, 0.4) is 0 Å². The van der Waals surface area contributed by atoms with Crippen LogP contribution in [0, 0.1) is 18.6 Å². The third-order valence-electron chi connectivity index (χ3n) is 7.47. The Kier molecular flexibility index (Phi) is 7.79. The zero-order valence-corrected chi connectivity index (χ0v) is 22.2. The molecule has 4 N–H and O–H groups in total. The number of hydrogen-bond donors (Lipinski definition) is 4. The monoisotopic (exact) mass is 551 g/mol. The summed E-state index contributed by atoms with van der Waals surface area (Å²) < 4.78 is 30.8. The van der Waals surface area contributed by atoms with Gasteiger partial charge in [-0.2, -0.15) is 0 Å². The minimum Gasteiger partial charge on any atom is -0.395 e. The Labute approximate surface area is 229 Å². The molecule has 1 unspecified atom stereocenters. The molecule has 5 rings (SSSR count). The molecule has 1 aliphatic carbocycles. The lowest BCUT2D eigenvalue weighted by Crippen LogP contribution is -2.57. The van der Waals surface area contributed by atoms with Gasteiger partial charge in [0.05, 0.1) is 25.0 Å². The van der Waals surface area contributed by atoms with Gasteiger partial charge in [0, 0.05) is 35.5 Å². The van der Waals surface area contributed by atoms with Crippen LogP contribution >= 0.6 is 0 Å². The predicted molar refractivity (Wildman–Crippen MR) is 144 cm³/mol. The third kappa shape index (κ3) is 5.03. The van der Waals surface area contributed by atoms with Crippen molar-refractivity contribution >= 4 is 11.6 Å². The van der Waals surface area contributed by atoms with Crippen LogP contribution in [0.5, 0.6) is 0 Å². The summed E-state index contributed by atoms with van der Waals surface area (Å²) in [5, 5.41) is 25.9. The van der Waals surface area contributed by atoms with E-state index in [1.54, 1.807) is 24.1 Å². The zero-order valence-electron chi connectivity index (χ0n) is 22.2. The molecule has 1 atom stereocenters. The quantitative estimate of drug-likeness (QED) is 0.327. The molecule has 9 nitrogen and oxygen atoms in total. The van der Waals surface area contributed by atoms with Crippen LogP contribution in [0.2, 0.25) is 0 Å². The minimum absolute atomic E-state index is 0.0135. The highest BCUT2D eigenvalue weighted by molar-refractivity contribution is 5.95. The average Bonchev–Trinajstić information content (AvgIpc) is 2.91. The number of amides is 1. The molecule has 1 saturated carbocycles. The molecule has 0 saturated heterocycles. The maximum absolute atomic E-state index is 15.0. The molecule has 0 spiro atoms. The number of aliphatic hydroxyl groups excluding tert-OH is 2. The number of aliphatic hydroxyl groups is 2. The maximum Gasteiger partial charge on any atom is 0.256 e. The molecular formula is C29H31F2N5O4. The molecule has 0 radical (unpaired) electrons. The van der Waals surface area contributed by atoms with Gasteiger partial charge in [-0.05, 0) is 62.1 Å². The fraction of sp³-hybridized carbons (Fsp3) is 0.345. The Bertz CT molecular complexity index is 1610. The summed E-state index contributed by atoms with van der Waals surface area (Å²) in [6.07, 6.45) is 2.01. The lowest BCUT2D eigenvalue weighted by Gasteiger charge is -2.35. The van der Waals surface area contributed by atoms with Crippen LogP contribution < -0.4 is 26.9 Å². The van der Waals surface area contributed by atoms with E-state index in [4.69, 9.17) is 0 Å². The maximum atomic E-state index is 15.0. The molecule has 210 valence electrons. The van der Waals surface area contributed by atoms with E-state index in [0.29, 0.717) is 22.0 Å². The Morgan fingerprint density at radius 2 is 1.80 bits per heavy atom. The summed E-state index contributed by atoms with van der Waals surface area (Å²) in [7, 11) is 1.73. The highest BCUT2D eigenvalue weighted by Gasteiger charge is 2.28. The van der Waals surface area contributed by atoms with Crippen molar-refractivity contribution in [2.24, 2.45) is 4.99 Å². The van der Waals surface area contributed by atoms with Crippen molar-refractivity contribution in [1.29, 1.82) is 0 Å². The topological polar surface area (TPSA) is 119 Å². The number of nitrogens with one attached hydrogen (secondary N) is 2. The summed E-state index contributed by atoms with van der Waals surface area (Å²) in [4.78, 5) is 32.5. The van der Waals surface area contributed by atoms with E-state index in [2.05, 4.69) is 15.6 Å².